The van der Waals surface area contributed by atoms with E-state index in [1.54, 1.807) is 0 Å². The van der Waals surface area contributed by atoms with Crippen LogP contribution < -0.4 is 0 Å². The Balaban J connectivity index is -0.0000000300. The van der Waals surface area contributed by atoms with Gasteiger partial charge in [0.15, 0.2) is 0 Å². The molecule has 0 fully saturated rings. The first-order valence-electron chi connectivity index (χ1n) is 2.01. The van der Waals surface area contributed by atoms with Gasteiger partial charge in [-0.3, -0.25) is 4.79 Å². The number of aliphatic hydroxyl groups is 1. The molecule has 0 rings (SSSR count). The molecule has 0 aliphatic heterocycles. The van der Waals surface area contributed by atoms with Crippen LogP contribution in [0.4, 0.5) is 0 Å². The molecule has 7 N–H and O–H groups in total. The molecule has 0 heterocycles. The van der Waals surface area contributed by atoms with Crippen LogP contribution in [0.25, 0.3) is 0 Å². The molecule has 0 aliphatic rings. The first-order valence-corrected chi connectivity index (χ1v) is 2.01. The van der Waals surface area contributed by atoms with Crippen LogP contribution in [0.5, 0.6) is 0 Å². The van der Waals surface area contributed by atoms with E-state index in [4.69, 9.17) is 5.11 Å². The minimum absolute atomic E-state index is 0. The van der Waals surface area contributed by atoms with E-state index >= 15 is 0 Å². The average Bonchev–Trinajstić information content (AvgIpc) is 1.61. The molecule has 0 aromatic rings. The molecule has 0 saturated carbocycles. The van der Waals surface area contributed by atoms with Gasteiger partial charge in [-0.05, 0) is 0 Å². The van der Waals surface area contributed by atoms with E-state index in [2.05, 4.69) is 4.74 Å². The molecule has 0 atom stereocenters. The number of rotatable bonds is 2. The van der Waals surface area contributed by atoms with E-state index in [-0.39, 0.29) is 62.9 Å². The van der Waals surface area contributed by atoms with E-state index in [1.807, 2.05) is 0 Å². The van der Waals surface area contributed by atoms with Crippen LogP contribution in [-0.2, 0) is 9.53 Å². The Morgan fingerprint density at radius 2 is 1.73 bits per heavy atom. The third-order valence-corrected chi connectivity index (χ3v) is 0.397. The number of carbonyl (C=O) groups is 1. The van der Waals surface area contributed by atoms with Crippen LogP contribution in [0.2, 0.25) is 0 Å². The van der Waals surface area contributed by atoms with Gasteiger partial charge in [-0.15, -0.1) is 0 Å². The summed E-state index contributed by atoms with van der Waals surface area (Å²) >= 11 is 0. The molecule has 0 aromatic carbocycles. The van der Waals surface area contributed by atoms with Crippen molar-refractivity contribution in [2.24, 2.45) is 0 Å². The maximum atomic E-state index is 9.87. The molecule has 6 nitrogen and oxygen atoms in total. The normalized spacial score (nSPS) is 5.27. The van der Waals surface area contributed by atoms with Crippen molar-refractivity contribution in [3.63, 3.8) is 0 Å². The van der Waals surface area contributed by atoms with Gasteiger partial charge in [0, 0.05) is 6.92 Å². The summed E-state index contributed by atoms with van der Waals surface area (Å²) in [4.78, 5) is 9.87. The van der Waals surface area contributed by atoms with Crippen molar-refractivity contribution in [1.82, 2.24) is 0 Å². The van der Waals surface area contributed by atoms with Gasteiger partial charge in [0.25, 0.3) is 0 Å². The van der Waals surface area contributed by atoms with Crippen molar-refractivity contribution >= 4 is 33.3 Å². The van der Waals surface area contributed by atoms with Crippen molar-refractivity contribution in [2.45, 2.75) is 6.92 Å². The summed E-state index contributed by atoms with van der Waals surface area (Å²) in [5.74, 6) is -0.353. The molecule has 2 radical (unpaired) electrons. The van der Waals surface area contributed by atoms with Crippen molar-refractivity contribution in [1.29, 1.82) is 0 Å². The first kappa shape index (κ1) is 30.3. The third-order valence-electron chi connectivity index (χ3n) is 0.397. The van der Waals surface area contributed by atoms with E-state index in [0.717, 1.165) is 0 Å². The molecule has 0 aliphatic carbocycles. The van der Waals surface area contributed by atoms with E-state index in [1.165, 1.54) is 6.92 Å². The Bertz CT molecular complexity index is 67.6. The topological polar surface area (TPSA) is 141 Å². The standard InChI is InChI=1S/C4H8O3.3H2O.Pb.2H/c1-4(6)7-3-2-5;;;;;;/h5H,2-3H2,1H3;3*1H2;;;. The molecule has 72 valence electrons. The van der Waals surface area contributed by atoms with Gasteiger partial charge in [0.1, 0.15) is 6.61 Å². The number of esters is 1. The molecule has 0 spiro atoms. The van der Waals surface area contributed by atoms with Gasteiger partial charge in [0.05, 0.1) is 6.61 Å². The van der Waals surface area contributed by atoms with E-state index in [9.17, 15) is 4.79 Å². The molecular weight excluding hydrogens is 351 g/mol. The summed E-state index contributed by atoms with van der Waals surface area (Å²) in [6.07, 6.45) is 0. The zero-order valence-electron chi connectivity index (χ0n) is 6.39. The fraction of sp³-hybridized carbons (Fsp3) is 0.750. The average molecular weight is 367 g/mol. The summed E-state index contributed by atoms with van der Waals surface area (Å²) in [7, 11) is 0. The van der Waals surface area contributed by atoms with E-state index in [0.29, 0.717) is 0 Å². The number of ether oxygens (including phenoxy) is 1. The van der Waals surface area contributed by atoms with Crippen LogP contribution in [0.3, 0.4) is 0 Å². The maximum absolute atomic E-state index is 9.87. The molecule has 0 amide bonds. The van der Waals surface area contributed by atoms with Gasteiger partial charge < -0.3 is 26.3 Å². The van der Waals surface area contributed by atoms with Crippen molar-refractivity contribution in [3.8, 4) is 0 Å². The second kappa shape index (κ2) is 22.5. The number of aliphatic hydroxyl groups excluding tert-OH is 1. The Morgan fingerprint density at radius 3 is 1.82 bits per heavy atom. The zero-order valence-corrected chi connectivity index (χ0v) is 11.9. The third kappa shape index (κ3) is 38.7. The predicted octanol–water partition coefficient (Wildman–Crippen LogP) is -3.85. The fourth-order valence-electron chi connectivity index (χ4n) is 0.189. The van der Waals surface area contributed by atoms with Gasteiger partial charge in [-0.1, -0.05) is 0 Å². The zero-order chi connectivity index (χ0) is 5.70. The molecule has 0 saturated heterocycles. The number of carbonyl (C=O) groups excluding carboxylic acids is 1. The monoisotopic (exact) mass is 368 g/mol. The molecule has 11 heavy (non-hydrogen) atoms. The molecule has 0 aromatic heterocycles. The summed E-state index contributed by atoms with van der Waals surface area (Å²) in [5.41, 5.74) is 0. The molecule has 0 bridgehead atoms. The fourth-order valence-corrected chi connectivity index (χ4v) is 0.189. The van der Waals surface area contributed by atoms with Gasteiger partial charge in [-0.25, -0.2) is 0 Å². The Hall–Kier alpha value is 0.232. The second-order valence-corrected chi connectivity index (χ2v) is 1.06. The SMILES string of the molecule is CC(=O)OCCO.O.O.O.[PbH2]. The van der Waals surface area contributed by atoms with Crippen molar-refractivity contribution in [2.75, 3.05) is 13.2 Å². The molecular formula is C4H16O6Pb. The van der Waals surface area contributed by atoms with Gasteiger partial charge >= 0.3 is 33.3 Å². The minimum atomic E-state index is -0.353. The van der Waals surface area contributed by atoms with Gasteiger partial charge in [0.2, 0.25) is 0 Å². The predicted molar refractivity (Wildman–Crippen MR) is 43.1 cm³/mol. The van der Waals surface area contributed by atoms with Crippen LogP contribution >= 0.6 is 0 Å². The summed E-state index contributed by atoms with van der Waals surface area (Å²) in [6.45, 7) is 1.31. The Morgan fingerprint density at radius 1 is 1.36 bits per heavy atom. The number of hydrogen-bond acceptors (Lipinski definition) is 3. The quantitative estimate of drug-likeness (QED) is 0.394. The number of hydrogen-bond donors (Lipinski definition) is 1. The Kier molecular flexibility index (Phi) is 61.8. The summed E-state index contributed by atoms with van der Waals surface area (Å²) in [6, 6.07) is 0. The van der Waals surface area contributed by atoms with Crippen LogP contribution in [-0.4, -0.2) is 68.0 Å². The Labute approximate surface area is 84.6 Å². The van der Waals surface area contributed by atoms with Gasteiger partial charge in [-0.2, -0.15) is 0 Å². The molecule has 0 unspecified atom stereocenters. The summed E-state index contributed by atoms with van der Waals surface area (Å²) in [5, 5.41) is 8.04. The van der Waals surface area contributed by atoms with Crippen molar-refractivity contribution in [3.05, 3.63) is 0 Å². The van der Waals surface area contributed by atoms with Crippen LogP contribution in [0.15, 0.2) is 0 Å². The first-order chi connectivity index (χ1) is 3.27. The second-order valence-electron chi connectivity index (χ2n) is 1.06. The van der Waals surface area contributed by atoms with Crippen molar-refractivity contribution < 1.29 is 31.1 Å². The van der Waals surface area contributed by atoms with E-state index < -0.39 is 0 Å². The summed E-state index contributed by atoms with van der Waals surface area (Å²) < 4.78 is 4.30. The molecule has 7 heteroatoms. The van der Waals surface area contributed by atoms with Crippen LogP contribution in [0, 0.1) is 0 Å². The van der Waals surface area contributed by atoms with Crippen LogP contribution in [0.1, 0.15) is 6.92 Å².